The van der Waals surface area contributed by atoms with Gasteiger partial charge in [-0.15, -0.1) is 0 Å². The van der Waals surface area contributed by atoms with Gasteiger partial charge in [-0.05, 0) is 17.2 Å². The van der Waals surface area contributed by atoms with E-state index in [0.717, 1.165) is 13.1 Å². The number of nitrogens with one attached hydrogen (secondary N) is 2. The Bertz CT molecular complexity index is 550. The molecule has 2 N–H and O–H groups in total. The molecule has 0 bridgehead atoms. The molecule has 1 aromatic carbocycles. The van der Waals surface area contributed by atoms with Crippen LogP contribution in [-0.4, -0.2) is 28.4 Å². The van der Waals surface area contributed by atoms with Crippen LogP contribution in [0.25, 0.3) is 0 Å². The van der Waals surface area contributed by atoms with Crippen molar-refractivity contribution in [3.05, 3.63) is 59.9 Å². The molecule has 2 aromatic rings. The molecule has 0 spiro atoms. The summed E-state index contributed by atoms with van der Waals surface area (Å²) in [5, 5.41) is 3.45. The lowest BCUT2D eigenvalue weighted by Gasteiger charge is -2.17. The second kappa shape index (κ2) is 5.92. The molecule has 4 heteroatoms. The van der Waals surface area contributed by atoms with Gasteiger partial charge in [0.1, 0.15) is 0 Å². The second-order valence-corrected chi connectivity index (χ2v) is 5.26. The van der Waals surface area contributed by atoms with Crippen LogP contribution >= 0.6 is 0 Å². The third-order valence-corrected chi connectivity index (χ3v) is 3.69. The summed E-state index contributed by atoms with van der Waals surface area (Å²) in [7, 11) is 0. The first kappa shape index (κ1) is 12.9. The number of nitrogens with zero attached hydrogens (tertiary/aromatic N) is 1. The van der Waals surface area contributed by atoms with Crippen molar-refractivity contribution in [2.45, 2.75) is 25.6 Å². The molecule has 2 heterocycles. The highest BCUT2D eigenvalue weighted by atomic mass is 16.2. The predicted octanol–water partition coefficient (Wildman–Crippen LogP) is 1.91. The number of carbonyl (C=O) groups is 1. The first-order valence-electron chi connectivity index (χ1n) is 6.98. The second-order valence-electron chi connectivity index (χ2n) is 5.26. The maximum absolute atomic E-state index is 12.0. The number of benzene rings is 1. The molecule has 1 aromatic heterocycles. The lowest BCUT2D eigenvalue weighted by Crippen LogP contribution is -2.32. The SMILES string of the molecule is O=C1CC(NCc2cc[nH]c2)CN1Cc1ccccc1. The smallest absolute Gasteiger partial charge is 0.224 e. The van der Waals surface area contributed by atoms with Gasteiger partial charge in [0.2, 0.25) is 5.91 Å². The molecule has 1 fully saturated rings. The van der Waals surface area contributed by atoms with Gasteiger partial charge in [0, 0.05) is 44.5 Å². The molecular formula is C16H19N3O. The van der Waals surface area contributed by atoms with Gasteiger partial charge >= 0.3 is 0 Å². The molecule has 1 aliphatic rings. The van der Waals surface area contributed by atoms with Crippen molar-refractivity contribution in [1.29, 1.82) is 0 Å². The Balaban J connectivity index is 1.53. The highest BCUT2D eigenvalue weighted by molar-refractivity contribution is 5.79. The predicted molar refractivity (Wildman–Crippen MR) is 77.9 cm³/mol. The molecule has 0 saturated carbocycles. The van der Waals surface area contributed by atoms with Crippen LogP contribution in [0.3, 0.4) is 0 Å². The maximum atomic E-state index is 12.0. The Morgan fingerprint density at radius 3 is 2.80 bits per heavy atom. The minimum absolute atomic E-state index is 0.237. The van der Waals surface area contributed by atoms with Gasteiger partial charge in [-0.1, -0.05) is 30.3 Å². The molecule has 0 radical (unpaired) electrons. The van der Waals surface area contributed by atoms with Gasteiger partial charge < -0.3 is 15.2 Å². The normalized spacial score (nSPS) is 18.7. The summed E-state index contributed by atoms with van der Waals surface area (Å²) in [6.07, 6.45) is 4.49. The molecule has 1 atom stereocenters. The van der Waals surface area contributed by atoms with E-state index < -0.39 is 0 Å². The number of likely N-dealkylation sites (tertiary alicyclic amines) is 1. The lowest BCUT2D eigenvalue weighted by atomic mass is 10.2. The van der Waals surface area contributed by atoms with Crippen LogP contribution in [0.1, 0.15) is 17.5 Å². The lowest BCUT2D eigenvalue weighted by molar-refractivity contribution is -0.128. The average molecular weight is 269 g/mol. The molecule has 0 aliphatic carbocycles. The van der Waals surface area contributed by atoms with Crippen LogP contribution < -0.4 is 5.32 Å². The molecule has 20 heavy (non-hydrogen) atoms. The number of hydrogen-bond donors (Lipinski definition) is 2. The topological polar surface area (TPSA) is 48.1 Å². The Labute approximate surface area is 118 Å². The van der Waals surface area contributed by atoms with E-state index in [0.29, 0.717) is 13.0 Å². The summed E-state index contributed by atoms with van der Waals surface area (Å²) in [5.74, 6) is 0.237. The van der Waals surface area contributed by atoms with E-state index in [1.54, 1.807) is 0 Å². The van der Waals surface area contributed by atoms with Gasteiger partial charge in [0.15, 0.2) is 0 Å². The molecule has 3 rings (SSSR count). The van der Waals surface area contributed by atoms with E-state index in [1.807, 2.05) is 41.6 Å². The quantitative estimate of drug-likeness (QED) is 0.871. The van der Waals surface area contributed by atoms with Crippen molar-refractivity contribution >= 4 is 5.91 Å². The average Bonchev–Trinajstić information content (AvgIpc) is 3.08. The summed E-state index contributed by atoms with van der Waals surface area (Å²) in [5.41, 5.74) is 2.41. The van der Waals surface area contributed by atoms with Gasteiger partial charge in [0.25, 0.3) is 0 Å². The summed E-state index contributed by atoms with van der Waals surface area (Å²) < 4.78 is 0. The van der Waals surface area contributed by atoms with Crippen LogP contribution in [0.4, 0.5) is 0 Å². The van der Waals surface area contributed by atoms with Crippen LogP contribution in [0, 0.1) is 0 Å². The monoisotopic (exact) mass is 269 g/mol. The number of amides is 1. The van der Waals surface area contributed by atoms with Crippen LogP contribution in [0.15, 0.2) is 48.8 Å². The van der Waals surface area contributed by atoms with Gasteiger partial charge in [0.05, 0.1) is 0 Å². The van der Waals surface area contributed by atoms with E-state index in [-0.39, 0.29) is 11.9 Å². The van der Waals surface area contributed by atoms with Crippen LogP contribution in [0.2, 0.25) is 0 Å². The van der Waals surface area contributed by atoms with Crippen molar-refractivity contribution in [3.8, 4) is 0 Å². The van der Waals surface area contributed by atoms with Gasteiger partial charge in [-0.2, -0.15) is 0 Å². The molecule has 1 aliphatic heterocycles. The van der Waals surface area contributed by atoms with Crippen molar-refractivity contribution in [1.82, 2.24) is 15.2 Å². The van der Waals surface area contributed by atoms with E-state index in [1.165, 1.54) is 11.1 Å². The summed E-state index contributed by atoms with van der Waals surface area (Å²) in [4.78, 5) is 17.0. The Kier molecular flexibility index (Phi) is 3.83. The minimum Gasteiger partial charge on any atom is -0.367 e. The molecule has 1 unspecified atom stereocenters. The van der Waals surface area contributed by atoms with Gasteiger partial charge in [-0.25, -0.2) is 0 Å². The Morgan fingerprint density at radius 2 is 2.05 bits per heavy atom. The largest absolute Gasteiger partial charge is 0.367 e. The van der Waals surface area contributed by atoms with Crippen molar-refractivity contribution < 1.29 is 4.79 Å². The van der Waals surface area contributed by atoms with E-state index in [4.69, 9.17) is 0 Å². The number of H-pyrrole nitrogens is 1. The molecule has 1 saturated heterocycles. The van der Waals surface area contributed by atoms with Crippen molar-refractivity contribution in [2.75, 3.05) is 6.54 Å². The van der Waals surface area contributed by atoms with E-state index >= 15 is 0 Å². The number of carbonyl (C=O) groups excluding carboxylic acids is 1. The molecule has 104 valence electrons. The van der Waals surface area contributed by atoms with Crippen molar-refractivity contribution in [3.63, 3.8) is 0 Å². The fraction of sp³-hybridized carbons (Fsp3) is 0.312. The van der Waals surface area contributed by atoms with Gasteiger partial charge in [-0.3, -0.25) is 4.79 Å². The molecule has 1 amide bonds. The number of aromatic amines is 1. The highest BCUT2D eigenvalue weighted by Crippen LogP contribution is 2.15. The van der Waals surface area contributed by atoms with E-state index in [9.17, 15) is 4.79 Å². The summed E-state index contributed by atoms with van der Waals surface area (Å²) >= 11 is 0. The zero-order valence-electron chi connectivity index (χ0n) is 11.4. The Morgan fingerprint density at radius 1 is 1.20 bits per heavy atom. The zero-order valence-corrected chi connectivity index (χ0v) is 11.4. The fourth-order valence-electron chi connectivity index (χ4n) is 2.60. The first-order chi connectivity index (χ1) is 9.81. The molecule has 4 nitrogen and oxygen atoms in total. The standard InChI is InChI=1S/C16H19N3O/c20-16-8-15(18-10-14-6-7-17-9-14)12-19(16)11-13-4-2-1-3-5-13/h1-7,9,15,17-18H,8,10-12H2. The van der Waals surface area contributed by atoms with E-state index in [2.05, 4.69) is 22.4 Å². The maximum Gasteiger partial charge on any atom is 0.224 e. The zero-order chi connectivity index (χ0) is 13.8. The summed E-state index contributed by atoms with van der Waals surface area (Å²) in [6.45, 7) is 2.31. The fourth-order valence-corrected chi connectivity index (χ4v) is 2.60. The number of aromatic nitrogens is 1. The number of hydrogen-bond acceptors (Lipinski definition) is 2. The third-order valence-electron chi connectivity index (χ3n) is 3.69. The van der Waals surface area contributed by atoms with Crippen LogP contribution in [0.5, 0.6) is 0 Å². The third kappa shape index (κ3) is 3.08. The first-order valence-corrected chi connectivity index (χ1v) is 6.98. The molecular weight excluding hydrogens is 250 g/mol. The van der Waals surface area contributed by atoms with Crippen molar-refractivity contribution in [2.24, 2.45) is 0 Å². The Hall–Kier alpha value is -2.07. The van der Waals surface area contributed by atoms with Crippen LogP contribution in [-0.2, 0) is 17.9 Å². The number of rotatable bonds is 5. The minimum atomic E-state index is 0.237. The highest BCUT2D eigenvalue weighted by Gasteiger charge is 2.28. The summed E-state index contributed by atoms with van der Waals surface area (Å²) in [6, 6.07) is 12.4.